The maximum atomic E-state index is 7.83. The van der Waals surface area contributed by atoms with Gasteiger partial charge in [-0.05, 0) is 13.1 Å². The van der Waals surface area contributed by atoms with Crippen molar-refractivity contribution in [1.82, 2.24) is 5.32 Å². The number of hydrogen-bond donors (Lipinski definition) is 2. The van der Waals surface area contributed by atoms with Gasteiger partial charge in [0.1, 0.15) is 0 Å². The lowest BCUT2D eigenvalue weighted by molar-refractivity contribution is 0.324. The molecule has 2 nitrogen and oxygen atoms in total. The van der Waals surface area contributed by atoms with E-state index >= 15 is 0 Å². The molecule has 0 aromatic rings. The summed E-state index contributed by atoms with van der Waals surface area (Å²) >= 11 is 3.00. The molecule has 0 rings (SSSR count). The topological polar surface area (TPSA) is 32.3 Å². The fraction of sp³-hybridized carbons (Fsp3) is 1.00. The van der Waals surface area contributed by atoms with Crippen molar-refractivity contribution in [3.63, 3.8) is 0 Å². The zero-order valence-electron chi connectivity index (χ0n) is 6.15. The van der Waals surface area contributed by atoms with Crippen LogP contribution in [0.2, 0.25) is 0 Å². The second-order valence-electron chi connectivity index (χ2n) is 1.37. The highest BCUT2D eigenvalue weighted by molar-refractivity contribution is 9.09. The van der Waals surface area contributed by atoms with E-state index in [9.17, 15) is 0 Å². The van der Waals surface area contributed by atoms with Gasteiger partial charge in [-0.25, -0.2) is 0 Å². The van der Waals surface area contributed by atoms with Crippen LogP contribution in [0.25, 0.3) is 0 Å². The number of halogens is 1. The van der Waals surface area contributed by atoms with E-state index in [0.29, 0.717) is 5.33 Å². The predicted molar refractivity (Wildman–Crippen MR) is 45.1 cm³/mol. The van der Waals surface area contributed by atoms with Crippen LogP contribution in [0.5, 0.6) is 0 Å². The zero-order valence-corrected chi connectivity index (χ0v) is 7.74. The van der Waals surface area contributed by atoms with Crippen LogP contribution in [0.3, 0.4) is 0 Å². The maximum Gasteiger partial charge on any atom is 0.0528 e. The molecule has 9 heavy (non-hydrogen) atoms. The smallest absolute Gasteiger partial charge is 0.0528 e. The normalized spacial score (nSPS) is 8.00. The van der Waals surface area contributed by atoms with Gasteiger partial charge in [-0.1, -0.05) is 29.8 Å². The summed E-state index contributed by atoms with van der Waals surface area (Å²) in [5.74, 6) is 0. The molecular weight excluding hydrogens is 182 g/mol. The van der Waals surface area contributed by atoms with Crippen LogP contribution in [0.4, 0.5) is 0 Å². The first-order chi connectivity index (χ1) is 4.33. The van der Waals surface area contributed by atoms with Crippen molar-refractivity contribution in [2.24, 2.45) is 0 Å². The highest BCUT2D eigenvalue weighted by atomic mass is 79.9. The Morgan fingerprint density at radius 2 is 1.67 bits per heavy atom. The molecule has 0 heterocycles. The minimum Gasteiger partial charge on any atom is -0.396 e. The summed E-state index contributed by atoms with van der Waals surface area (Å²) < 4.78 is 0. The Labute approximate surface area is 65.8 Å². The predicted octanol–water partition coefficient (Wildman–Crippen LogP) is 0.989. The summed E-state index contributed by atoms with van der Waals surface area (Å²) in [6.45, 7) is 6.62. The molecule has 0 fully saturated rings. The van der Waals surface area contributed by atoms with E-state index in [2.05, 4.69) is 35.1 Å². The Kier molecular flexibility index (Phi) is 21.2. The zero-order chi connectivity index (χ0) is 7.54. The minimum absolute atomic E-state index is 0.236. The average molecular weight is 198 g/mol. The highest BCUT2D eigenvalue weighted by Gasteiger charge is 1.62. The first kappa shape index (κ1) is 12.1. The van der Waals surface area contributed by atoms with E-state index in [4.69, 9.17) is 5.11 Å². The third-order valence-corrected chi connectivity index (χ3v) is 0.939. The van der Waals surface area contributed by atoms with Crippen LogP contribution in [0, 0.1) is 0 Å². The summed E-state index contributed by atoms with van der Waals surface area (Å²) in [4.78, 5) is 0. The number of aliphatic hydroxyl groups is 1. The fourth-order valence-electron chi connectivity index (χ4n) is 0.250. The van der Waals surface area contributed by atoms with Crippen molar-refractivity contribution in [2.75, 3.05) is 25.0 Å². The molecule has 0 unspecified atom stereocenters. The van der Waals surface area contributed by atoms with Gasteiger partial charge in [0.25, 0.3) is 0 Å². The van der Waals surface area contributed by atoms with Gasteiger partial charge in [0.15, 0.2) is 0 Å². The van der Waals surface area contributed by atoms with Crippen molar-refractivity contribution in [2.45, 2.75) is 13.8 Å². The molecule has 0 aromatic carbocycles. The van der Waals surface area contributed by atoms with Gasteiger partial charge < -0.3 is 10.4 Å². The third-order valence-electron chi connectivity index (χ3n) is 0.585. The van der Waals surface area contributed by atoms with E-state index in [0.717, 1.165) is 13.1 Å². The van der Waals surface area contributed by atoms with Gasteiger partial charge in [0, 0.05) is 5.33 Å². The van der Waals surface area contributed by atoms with E-state index in [1.165, 1.54) is 0 Å². The number of aliphatic hydroxyl groups excluding tert-OH is 1. The molecule has 0 aromatic heterocycles. The van der Waals surface area contributed by atoms with Gasteiger partial charge in [-0.3, -0.25) is 0 Å². The molecule has 2 N–H and O–H groups in total. The molecule has 0 aliphatic rings. The highest BCUT2D eigenvalue weighted by Crippen LogP contribution is 1.69. The quantitative estimate of drug-likeness (QED) is 0.663. The fourth-order valence-corrected chi connectivity index (χ4v) is 0.250. The molecule has 0 saturated heterocycles. The Morgan fingerprint density at radius 3 is 1.67 bits per heavy atom. The second kappa shape index (κ2) is 15.8. The van der Waals surface area contributed by atoms with Crippen LogP contribution in [-0.4, -0.2) is 30.1 Å². The summed E-state index contributed by atoms with van der Waals surface area (Å²) in [5, 5.41) is 11.6. The molecule has 0 aliphatic carbocycles. The molecule has 0 saturated carbocycles. The number of alkyl halides is 1. The lowest BCUT2D eigenvalue weighted by Gasteiger charge is -1.86. The second-order valence-corrected chi connectivity index (χ2v) is 2.16. The Morgan fingerprint density at radius 1 is 1.33 bits per heavy atom. The minimum atomic E-state index is 0.236. The summed E-state index contributed by atoms with van der Waals surface area (Å²) in [5.41, 5.74) is 0. The first-order valence-corrected chi connectivity index (χ1v) is 4.33. The molecule has 0 radical (unpaired) electrons. The standard InChI is InChI=1S/C4H11N.C2H5BrO/c1-3-5-4-2;3-1-2-4/h5H,3-4H2,1-2H3;4H,1-2H2. The van der Waals surface area contributed by atoms with Gasteiger partial charge >= 0.3 is 0 Å². The van der Waals surface area contributed by atoms with Crippen LogP contribution in [-0.2, 0) is 0 Å². The lowest BCUT2D eigenvalue weighted by atomic mass is 10.7. The Hall–Kier alpha value is 0.400. The van der Waals surface area contributed by atoms with Crippen LogP contribution >= 0.6 is 15.9 Å². The first-order valence-electron chi connectivity index (χ1n) is 3.20. The van der Waals surface area contributed by atoms with Crippen molar-refractivity contribution in [3.05, 3.63) is 0 Å². The molecule has 0 atom stereocenters. The van der Waals surface area contributed by atoms with Gasteiger partial charge in [0.2, 0.25) is 0 Å². The van der Waals surface area contributed by atoms with Crippen LogP contribution in [0.1, 0.15) is 13.8 Å². The third kappa shape index (κ3) is 29.8. The van der Waals surface area contributed by atoms with E-state index in [-0.39, 0.29) is 6.61 Å². The Balaban J connectivity index is 0. The largest absolute Gasteiger partial charge is 0.396 e. The molecule has 0 bridgehead atoms. The van der Waals surface area contributed by atoms with Gasteiger partial charge in [0.05, 0.1) is 6.61 Å². The van der Waals surface area contributed by atoms with Crippen molar-refractivity contribution < 1.29 is 5.11 Å². The number of rotatable bonds is 3. The molecule has 0 amide bonds. The maximum absolute atomic E-state index is 7.83. The van der Waals surface area contributed by atoms with Crippen molar-refractivity contribution in [1.29, 1.82) is 0 Å². The van der Waals surface area contributed by atoms with Crippen molar-refractivity contribution in [3.8, 4) is 0 Å². The Bertz CT molecular complexity index is 32.2. The van der Waals surface area contributed by atoms with Gasteiger partial charge in [-0.2, -0.15) is 0 Å². The molecule has 3 heteroatoms. The summed E-state index contributed by atoms with van der Waals surface area (Å²) in [6.07, 6.45) is 0. The van der Waals surface area contributed by atoms with Crippen molar-refractivity contribution >= 4 is 15.9 Å². The summed E-state index contributed by atoms with van der Waals surface area (Å²) in [6, 6.07) is 0. The number of hydrogen-bond acceptors (Lipinski definition) is 2. The lowest BCUT2D eigenvalue weighted by Crippen LogP contribution is -2.09. The molecular formula is C6H16BrNO. The number of nitrogens with one attached hydrogen (secondary N) is 1. The van der Waals surface area contributed by atoms with Gasteiger partial charge in [-0.15, -0.1) is 0 Å². The van der Waals surface area contributed by atoms with Crippen LogP contribution < -0.4 is 5.32 Å². The van der Waals surface area contributed by atoms with Crippen LogP contribution in [0.15, 0.2) is 0 Å². The average Bonchev–Trinajstić information content (AvgIpc) is 1.91. The van der Waals surface area contributed by atoms with E-state index in [1.807, 2.05) is 0 Å². The molecule has 0 aliphatic heterocycles. The van der Waals surface area contributed by atoms with E-state index < -0.39 is 0 Å². The molecule has 0 spiro atoms. The SMILES string of the molecule is CCNCC.OCCBr. The monoisotopic (exact) mass is 197 g/mol. The molecule has 58 valence electrons. The van der Waals surface area contributed by atoms with E-state index in [1.54, 1.807) is 0 Å². The summed E-state index contributed by atoms with van der Waals surface area (Å²) in [7, 11) is 0.